The average molecular weight is 266 g/mol. The maximum atomic E-state index is 11.4. The number of ketones is 1. The second-order valence-electron chi connectivity index (χ2n) is 2.90. The molecule has 0 aromatic rings. The predicted molar refractivity (Wildman–Crippen MR) is 57.3 cm³/mol. The number of hydrogen-bond donors (Lipinski definition) is 0. The highest BCUT2D eigenvalue weighted by Gasteiger charge is 2.29. The largest absolute Gasteiger partial charge is 0.331 e. The number of carbonyl (C=O) groups is 2. The van der Waals surface area contributed by atoms with Gasteiger partial charge in [-0.3, -0.25) is 9.59 Å². The lowest BCUT2D eigenvalue weighted by Gasteiger charge is -2.33. The fourth-order valence-corrected chi connectivity index (χ4v) is 2.79. The van der Waals surface area contributed by atoms with Gasteiger partial charge in [0.2, 0.25) is 5.91 Å². The molecule has 13 heavy (non-hydrogen) atoms. The van der Waals surface area contributed by atoms with E-state index in [-0.39, 0.29) is 17.7 Å². The molecule has 0 aromatic heterocycles. The summed E-state index contributed by atoms with van der Waals surface area (Å²) in [5.74, 6) is 1.78. The number of hydrogen-bond acceptors (Lipinski definition) is 3. The zero-order valence-electron chi connectivity index (χ0n) is 7.46. The molecule has 1 fully saturated rings. The van der Waals surface area contributed by atoms with E-state index in [1.165, 1.54) is 6.92 Å². The maximum absolute atomic E-state index is 11.4. The summed E-state index contributed by atoms with van der Waals surface area (Å²) < 4.78 is 0. The van der Waals surface area contributed by atoms with E-state index in [9.17, 15) is 9.59 Å². The third kappa shape index (κ3) is 2.71. The molecule has 1 rings (SSSR count). The van der Waals surface area contributed by atoms with Crippen LogP contribution in [-0.4, -0.2) is 46.0 Å². The monoisotopic (exact) mass is 265 g/mol. The quantitative estimate of drug-likeness (QED) is 0.697. The van der Waals surface area contributed by atoms with E-state index in [2.05, 4.69) is 15.9 Å². The van der Waals surface area contributed by atoms with Crippen LogP contribution in [0.3, 0.4) is 0 Å². The van der Waals surface area contributed by atoms with Gasteiger partial charge in [0.05, 0.1) is 5.33 Å². The Morgan fingerprint density at radius 2 is 2.31 bits per heavy atom. The van der Waals surface area contributed by atoms with Crippen LogP contribution in [0.5, 0.6) is 0 Å². The molecule has 1 atom stereocenters. The van der Waals surface area contributed by atoms with Crippen LogP contribution in [0.1, 0.15) is 6.92 Å². The molecule has 1 aliphatic rings. The minimum Gasteiger partial charge on any atom is -0.331 e. The molecule has 0 saturated carbocycles. The lowest BCUT2D eigenvalue weighted by molar-refractivity contribution is -0.136. The predicted octanol–water partition coefficient (Wildman–Crippen LogP) is 0.914. The van der Waals surface area contributed by atoms with Crippen LogP contribution in [0.2, 0.25) is 0 Å². The molecule has 0 aromatic carbocycles. The normalized spacial score (nSPS) is 22.9. The first-order valence-electron chi connectivity index (χ1n) is 4.10. The number of carbonyl (C=O) groups excluding carboxylic acids is 2. The molecule has 5 heteroatoms. The van der Waals surface area contributed by atoms with Crippen LogP contribution in [0, 0.1) is 0 Å². The van der Waals surface area contributed by atoms with Gasteiger partial charge in [-0.2, -0.15) is 11.8 Å². The Kier molecular flexibility index (Phi) is 4.25. The molecular formula is C8H12BrNO2S. The van der Waals surface area contributed by atoms with Gasteiger partial charge in [0.1, 0.15) is 6.04 Å². The molecule has 0 aliphatic carbocycles. The fourth-order valence-electron chi connectivity index (χ4n) is 1.34. The zero-order valence-corrected chi connectivity index (χ0v) is 9.86. The fraction of sp³-hybridized carbons (Fsp3) is 0.750. The first-order valence-corrected chi connectivity index (χ1v) is 6.38. The number of nitrogens with zero attached hydrogens (tertiary/aromatic N) is 1. The highest BCUT2D eigenvalue weighted by atomic mass is 79.9. The van der Waals surface area contributed by atoms with Crippen LogP contribution in [0.4, 0.5) is 0 Å². The summed E-state index contributed by atoms with van der Waals surface area (Å²) in [4.78, 5) is 24.3. The molecule has 0 bridgehead atoms. The molecule has 3 nitrogen and oxygen atoms in total. The number of rotatable bonds is 2. The summed E-state index contributed by atoms with van der Waals surface area (Å²) in [5, 5.41) is 0.335. The third-order valence-corrected chi connectivity index (χ3v) is 3.61. The van der Waals surface area contributed by atoms with Gasteiger partial charge < -0.3 is 4.90 Å². The molecule has 0 N–H and O–H groups in total. The van der Waals surface area contributed by atoms with Gasteiger partial charge in [-0.25, -0.2) is 0 Å². The van der Waals surface area contributed by atoms with Crippen LogP contribution in [0.15, 0.2) is 0 Å². The van der Waals surface area contributed by atoms with E-state index in [1.54, 1.807) is 16.7 Å². The number of halogens is 1. The zero-order chi connectivity index (χ0) is 9.84. The van der Waals surface area contributed by atoms with Crippen molar-refractivity contribution in [2.75, 3.05) is 23.4 Å². The first-order chi connectivity index (χ1) is 6.16. The highest BCUT2D eigenvalue weighted by molar-refractivity contribution is 9.09. The average Bonchev–Trinajstić information content (AvgIpc) is 2.16. The summed E-state index contributed by atoms with van der Waals surface area (Å²) in [6.45, 7) is 2.22. The van der Waals surface area contributed by atoms with Crippen molar-refractivity contribution in [3.05, 3.63) is 0 Å². The van der Waals surface area contributed by atoms with E-state index < -0.39 is 0 Å². The van der Waals surface area contributed by atoms with Gasteiger partial charge in [0, 0.05) is 25.0 Å². The second-order valence-corrected chi connectivity index (χ2v) is 4.61. The van der Waals surface area contributed by atoms with Crippen molar-refractivity contribution < 1.29 is 9.59 Å². The van der Waals surface area contributed by atoms with Gasteiger partial charge >= 0.3 is 0 Å². The lowest BCUT2D eigenvalue weighted by Crippen LogP contribution is -2.49. The summed E-state index contributed by atoms with van der Waals surface area (Å²) in [6.07, 6.45) is 0. The van der Waals surface area contributed by atoms with E-state index in [1.807, 2.05) is 0 Å². The van der Waals surface area contributed by atoms with Gasteiger partial charge in [-0.15, -0.1) is 0 Å². The third-order valence-electron chi connectivity index (χ3n) is 2.04. The lowest BCUT2D eigenvalue weighted by atomic mass is 10.2. The molecular weight excluding hydrogens is 254 g/mol. The molecule has 1 amide bonds. The first kappa shape index (κ1) is 11.0. The van der Waals surface area contributed by atoms with Crippen LogP contribution < -0.4 is 0 Å². The summed E-state index contributed by atoms with van der Waals surface area (Å²) in [5.41, 5.74) is 0. The SMILES string of the molecule is CC(=O)N1CCSCC1C(=O)CBr. The number of Topliss-reactive ketones (excluding diaryl/α,β-unsaturated/α-hetero) is 1. The standard InChI is InChI=1S/C8H12BrNO2S/c1-6(11)10-2-3-13-5-7(10)8(12)4-9/h7H,2-5H2,1H3. The Balaban J connectivity index is 2.67. The van der Waals surface area contributed by atoms with E-state index >= 15 is 0 Å². The van der Waals surface area contributed by atoms with Crippen molar-refractivity contribution in [2.45, 2.75) is 13.0 Å². The van der Waals surface area contributed by atoms with Crippen molar-refractivity contribution in [2.24, 2.45) is 0 Å². The van der Waals surface area contributed by atoms with Gasteiger partial charge in [-0.05, 0) is 0 Å². The Morgan fingerprint density at radius 3 is 2.85 bits per heavy atom. The second kappa shape index (κ2) is 5.00. The molecule has 74 valence electrons. The molecule has 1 heterocycles. The summed E-state index contributed by atoms with van der Waals surface area (Å²) >= 11 is 4.86. The molecule has 1 saturated heterocycles. The number of thioether (sulfide) groups is 1. The number of alkyl halides is 1. The maximum Gasteiger partial charge on any atom is 0.220 e. The van der Waals surface area contributed by atoms with Crippen LogP contribution >= 0.6 is 27.7 Å². The van der Waals surface area contributed by atoms with E-state index in [4.69, 9.17) is 0 Å². The summed E-state index contributed by atoms with van der Waals surface area (Å²) in [6, 6.07) is -0.212. The van der Waals surface area contributed by atoms with Gasteiger partial charge in [0.25, 0.3) is 0 Å². The van der Waals surface area contributed by atoms with Crippen LogP contribution in [0.25, 0.3) is 0 Å². The van der Waals surface area contributed by atoms with Gasteiger partial charge in [0.15, 0.2) is 5.78 Å². The molecule has 0 spiro atoms. The Bertz CT molecular complexity index is 222. The van der Waals surface area contributed by atoms with Crippen molar-refractivity contribution >= 4 is 39.4 Å². The minimum absolute atomic E-state index is 0.000370. The Labute approximate surface area is 90.4 Å². The van der Waals surface area contributed by atoms with Gasteiger partial charge in [-0.1, -0.05) is 15.9 Å². The van der Waals surface area contributed by atoms with Crippen molar-refractivity contribution in [1.82, 2.24) is 4.90 Å². The summed E-state index contributed by atoms with van der Waals surface area (Å²) in [7, 11) is 0. The minimum atomic E-state index is -0.212. The number of amides is 1. The van der Waals surface area contributed by atoms with Crippen molar-refractivity contribution in [3.63, 3.8) is 0 Å². The van der Waals surface area contributed by atoms with Crippen molar-refractivity contribution in [3.8, 4) is 0 Å². The highest BCUT2D eigenvalue weighted by Crippen LogP contribution is 2.17. The molecule has 1 unspecified atom stereocenters. The Morgan fingerprint density at radius 1 is 1.62 bits per heavy atom. The smallest absolute Gasteiger partial charge is 0.220 e. The molecule has 0 radical (unpaired) electrons. The van der Waals surface area contributed by atoms with Crippen LogP contribution in [-0.2, 0) is 9.59 Å². The topological polar surface area (TPSA) is 37.4 Å². The Hall–Kier alpha value is -0.0300. The van der Waals surface area contributed by atoms with Crippen molar-refractivity contribution in [1.29, 1.82) is 0 Å². The molecule has 1 aliphatic heterocycles. The van der Waals surface area contributed by atoms with E-state index in [0.29, 0.717) is 11.9 Å². The van der Waals surface area contributed by atoms with E-state index in [0.717, 1.165) is 11.5 Å².